The van der Waals surface area contributed by atoms with Crippen LogP contribution in [0.15, 0.2) is 11.0 Å². The second-order valence-electron chi connectivity index (χ2n) is 12.1. The van der Waals surface area contributed by atoms with Crippen LogP contribution in [0.3, 0.4) is 0 Å². The fraction of sp³-hybridized carbons (Fsp3) is 0.826. The lowest BCUT2D eigenvalue weighted by molar-refractivity contribution is -0.0710. The van der Waals surface area contributed by atoms with Gasteiger partial charge >= 0.3 is 13.3 Å². The van der Waals surface area contributed by atoms with Gasteiger partial charge in [-0.25, -0.2) is 4.79 Å². The van der Waals surface area contributed by atoms with Gasteiger partial charge in [-0.15, -0.1) is 0 Å². The van der Waals surface area contributed by atoms with Gasteiger partial charge in [0.15, 0.2) is 19.9 Å². The average Bonchev–Trinajstić information content (AvgIpc) is 2.99. The largest absolute Gasteiger partial charge is 0.412 e. The third-order valence-corrected chi connectivity index (χ3v) is 14.0. The van der Waals surface area contributed by atoms with Crippen molar-refractivity contribution in [1.82, 2.24) is 9.55 Å². The van der Waals surface area contributed by atoms with Gasteiger partial charge in [-0.05, 0) is 45.3 Å². The minimum atomic E-state index is -4.47. The number of hydrogen-bond donors (Lipinski definition) is 5. The van der Waals surface area contributed by atoms with Crippen LogP contribution in [0.25, 0.3) is 0 Å². The lowest BCUT2D eigenvalue weighted by Gasteiger charge is -2.36. The highest BCUT2D eigenvalue weighted by Crippen LogP contribution is 2.57. The molecule has 37 heavy (non-hydrogen) atoms. The topological polar surface area (TPSA) is 187 Å². The van der Waals surface area contributed by atoms with Crippen molar-refractivity contribution in [1.29, 1.82) is 0 Å². The van der Waals surface area contributed by atoms with E-state index < -0.39 is 57.1 Å². The molecule has 2 rings (SSSR count). The molecule has 0 radical (unpaired) electrons. The lowest BCUT2D eigenvalue weighted by Crippen LogP contribution is -2.41. The number of ether oxygens (including phenoxy) is 1. The Kier molecular flexibility index (Phi) is 9.34. The maximum atomic E-state index is 12.7. The normalized spacial score (nSPS) is 26.6. The van der Waals surface area contributed by atoms with Gasteiger partial charge in [-0.3, -0.25) is 9.13 Å². The Labute approximate surface area is 219 Å². The fourth-order valence-corrected chi connectivity index (χ4v) is 5.47. The minimum absolute atomic E-state index is 0.00168. The number of aromatic nitrogens is 2. The summed E-state index contributed by atoms with van der Waals surface area (Å²) in [6.07, 6.45) is -3.73. The molecule has 14 heteroatoms. The molecule has 2 heterocycles. The van der Waals surface area contributed by atoms with E-state index >= 15 is 0 Å². The highest BCUT2D eigenvalue weighted by molar-refractivity contribution is 7.54. The molecule has 1 aromatic rings. The second-order valence-corrected chi connectivity index (χ2v) is 19.2. The van der Waals surface area contributed by atoms with E-state index in [1.165, 1.54) is 6.20 Å². The number of nitrogens with two attached hydrogens (primary N) is 1. The maximum Gasteiger partial charge on any atom is 0.359 e. The molecule has 0 spiro atoms. The molecule has 0 aliphatic carbocycles. The van der Waals surface area contributed by atoms with Gasteiger partial charge in [0.1, 0.15) is 18.0 Å². The Morgan fingerprint density at radius 2 is 1.76 bits per heavy atom. The second kappa shape index (κ2) is 10.8. The molecule has 1 aliphatic rings. The predicted molar refractivity (Wildman–Crippen MR) is 141 cm³/mol. The number of nitrogens with zero attached hydrogens (tertiary/aromatic N) is 2. The first kappa shape index (κ1) is 32.1. The summed E-state index contributed by atoms with van der Waals surface area (Å²) in [5.74, 6) is 0.00168. The Bertz CT molecular complexity index is 1070. The molecule has 214 valence electrons. The molecule has 12 nitrogen and oxygen atoms in total. The van der Waals surface area contributed by atoms with E-state index in [1.54, 1.807) is 13.8 Å². The van der Waals surface area contributed by atoms with Gasteiger partial charge in [0, 0.05) is 18.2 Å². The number of nitrogen functional groups attached to an aromatic ring is 1. The molecule has 0 saturated carbocycles. The first-order chi connectivity index (χ1) is 16.6. The third-order valence-electron chi connectivity index (χ3n) is 7.48. The van der Waals surface area contributed by atoms with Crippen molar-refractivity contribution in [2.75, 3.05) is 5.73 Å². The van der Waals surface area contributed by atoms with Gasteiger partial charge in [0.2, 0.25) is 0 Å². The van der Waals surface area contributed by atoms with Crippen LogP contribution >= 0.6 is 7.60 Å². The monoisotopic (exact) mass is 565 g/mol. The number of aliphatic hydroxyl groups excluding tert-OH is 2. The maximum absolute atomic E-state index is 12.7. The predicted octanol–water partition coefficient (Wildman–Crippen LogP) is 2.46. The Morgan fingerprint density at radius 1 is 1.19 bits per heavy atom. The van der Waals surface area contributed by atoms with E-state index in [0.29, 0.717) is 5.56 Å². The molecule has 6 N–H and O–H groups in total. The van der Waals surface area contributed by atoms with Gasteiger partial charge in [0.25, 0.3) is 0 Å². The molecular formula is C23H44N3O9PSi. The van der Waals surface area contributed by atoms with E-state index in [9.17, 15) is 29.6 Å². The van der Waals surface area contributed by atoms with Crippen LogP contribution in [0.4, 0.5) is 5.82 Å². The van der Waals surface area contributed by atoms with E-state index in [2.05, 4.69) is 38.8 Å². The molecule has 1 aliphatic heterocycles. The summed E-state index contributed by atoms with van der Waals surface area (Å²) >= 11 is 0. The Hall–Kier alpha value is -1.15. The average molecular weight is 566 g/mol. The van der Waals surface area contributed by atoms with E-state index in [0.717, 1.165) is 18.4 Å². The molecule has 0 bridgehead atoms. The van der Waals surface area contributed by atoms with Crippen LogP contribution in [0, 0.1) is 0 Å². The first-order valence-electron chi connectivity index (χ1n) is 12.3. The van der Waals surface area contributed by atoms with Crippen LogP contribution in [0.5, 0.6) is 0 Å². The van der Waals surface area contributed by atoms with Crippen LogP contribution in [-0.4, -0.2) is 67.3 Å². The molecule has 0 amide bonds. The van der Waals surface area contributed by atoms with Gasteiger partial charge < -0.3 is 39.6 Å². The van der Waals surface area contributed by atoms with E-state index in [4.69, 9.17) is 19.4 Å². The van der Waals surface area contributed by atoms with Crippen LogP contribution in [-0.2, 0) is 24.9 Å². The highest BCUT2D eigenvalue weighted by Gasteiger charge is 2.50. The molecule has 1 saturated heterocycles. The summed E-state index contributed by atoms with van der Waals surface area (Å²) in [5, 5.41) is 29.5. The standard InChI is InChI=1S/C23H44N3O9PSi/c1-10-23(7,35-36(31,32)22(5,6)30)11-15-16(27)17(28)19(34-15)26-12-14(18(24)25-20(26)29)13-33-37(8,9)21(2,3)4/h12,15-17,19,27-28,30H,10-11,13H2,1-9H3,(H,31,32)(H2,24,25,29)/t15-,16-,17-,19-,23-/m1/s1. The Balaban J connectivity index is 2.30. The SMILES string of the molecule is CC[C@](C)(C[C@H]1O[C@@H](n2cc(CO[Si](C)(C)C(C)(C)C)c(N)nc2=O)[C@H](O)[C@@H]1O)OP(=O)(O)C(C)(C)O. The van der Waals surface area contributed by atoms with Crippen LogP contribution < -0.4 is 11.4 Å². The molecule has 1 aromatic heterocycles. The molecule has 0 aromatic carbocycles. The van der Waals surface area contributed by atoms with Crippen molar-refractivity contribution in [2.45, 2.75) is 122 Å². The summed E-state index contributed by atoms with van der Waals surface area (Å²) in [4.78, 5) is 26.8. The lowest BCUT2D eigenvalue weighted by atomic mass is 9.93. The molecular weight excluding hydrogens is 521 g/mol. The summed E-state index contributed by atoms with van der Waals surface area (Å²) in [6, 6.07) is 0. The first-order valence-corrected chi connectivity index (χ1v) is 16.8. The number of hydrogen-bond acceptors (Lipinski definition) is 10. The Morgan fingerprint density at radius 3 is 2.24 bits per heavy atom. The van der Waals surface area contributed by atoms with Gasteiger partial charge in [-0.1, -0.05) is 27.7 Å². The number of anilines is 1. The van der Waals surface area contributed by atoms with Crippen molar-refractivity contribution >= 4 is 21.7 Å². The van der Waals surface area contributed by atoms with Crippen LogP contribution in [0.1, 0.15) is 73.1 Å². The van der Waals surface area contributed by atoms with E-state index in [1.807, 2.05) is 0 Å². The number of aliphatic hydroxyl groups is 3. The summed E-state index contributed by atoms with van der Waals surface area (Å²) in [5.41, 5.74) is 4.35. The smallest absolute Gasteiger partial charge is 0.359 e. The van der Waals surface area contributed by atoms with Crippen molar-refractivity contribution in [2.24, 2.45) is 0 Å². The zero-order chi connectivity index (χ0) is 28.8. The van der Waals surface area contributed by atoms with Gasteiger partial charge in [0.05, 0.1) is 18.3 Å². The fourth-order valence-electron chi connectivity index (χ4n) is 3.50. The van der Waals surface area contributed by atoms with E-state index in [-0.39, 0.29) is 30.3 Å². The molecule has 6 atom stereocenters. The zero-order valence-corrected chi connectivity index (χ0v) is 25.2. The summed E-state index contributed by atoms with van der Waals surface area (Å²) < 4.78 is 31.2. The number of rotatable bonds is 10. The molecule has 1 unspecified atom stereocenters. The summed E-state index contributed by atoms with van der Waals surface area (Å²) in [7, 11) is -6.61. The van der Waals surface area contributed by atoms with Crippen molar-refractivity contribution in [3.63, 3.8) is 0 Å². The summed E-state index contributed by atoms with van der Waals surface area (Å²) in [6.45, 7) is 16.1. The van der Waals surface area contributed by atoms with Crippen molar-refractivity contribution in [3.8, 4) is 0 Å². The van der Waals surface area contributed by atoms with Crippen molar-refractivity contribution < 1.29 is 38.5 Å². The van der Waals surface area contributed by atoms with Crippen LogP contribution in [0.2, 0.25) is 18.1 Å². The third kappa shape index (κ3) is 7.08. The minimum Gasteiger partial charge on any atom is -0.412 e. The van der Waals surface area contributed by atoms with Gasteiger partial charge in [-0.2, -0.15) is 4.98 Å². The highest BCUT2D eigenvalue weighted by atomic mass is 31.2. The zero-order valence-electron chi connectivity index (χ0n) is 23.3. The molecule has 1 fully saturated rings. The quantitative estimate of drug-likeness (QED) is 0.207. The van der Waals surface area contributed by atoms with Crippen molar-refractivity contribution in [3.05, 3.63) is 22.2 Å².